The number of nitrogens with one attached hydrogen (secondary N) is 3. The number of carbonyl (C=O) groups excluding carboxylic acids is 2. The largest absolute Gasteiger partial charge is 0.497 e. The van der Waals surface area contributed by atoms with Crippen LogP contribution in [0.5, 0.6) is 11.5 Å². The third kappa shape index (κ3) is 11.0. The minimum absolute atomic E-state index is 0.0808. The molecule has 0 aromatic heterocycles. The molecular formula is C37H43N3O7. The summed E-state index contributed by atoms with van der Waals surface area (Å²) in [6, 6.07) is 26.9. The van der Waals surface area contributed by atoms with Crippen molar-refractivity contribution < 1.29 is 33.7 Å². The second-order valence-electron chi connectivity index (χ2n) is 12.2. The SMILES string of the molecule is COc1cccc(CCNC(=O)C(CC(=O)O)Nc2c(OC[C@@H](Cc3ccccc3)NC(=O)OC(C)(C)C)ccc3ccccc23)c1. The zero-order chi connectivity index (χ0) is 33.8. The molecule has 0 radical (unpaired) electrons. The Bertz CT molecular complexity index is 1650. The highest BCUT2D eigenvalue weighted by atomic mass is 16.6. The molecule has 0 aliphatic heterocycles. The Kier molecular flexibility index (Phi) is 12.0. The first-order valence-corrected chi connectivity index (χ1v) is 15.6. The van der Waals surface area contributed by atoms with E-state index in [1.54, 1.807) is 33.9 Å². The van der Waals surface area contributed by atoms with Gasteiger partial charge in [-0.2, -0.15) is 0 Å². The molecule has 0 aliphatic carbocycles. The fraction of sp³-hybridized carbons (Fsp3) is 0.324. The maximum absolute atomic E-state index is 13.4. The Balaban J connectivity index is 1.55. The fourth-order valence-corrected chi connectivity index (χ4v) is 5.07. The van der Waals surface area contributed by atoms with Crippen molar-refractivity contribution >= 4 is 34.4 Å². The van der Waals surface area contributed by atoms with Crippen LogP contribution in [0, 0.1) is 0 Å². The molecule has 0 aliphatic rings. The number of amides is 2. The molecule has 10 nitrogen and oxygen atoms in total. The van der Waals surface area contributed by atoms with Crippen molar-refractivity contribution in [3.8, 4) is 11.5 Å². The predicted molar refractivity (Wildman–Crippen MR) is 182 cm³/mol. The van der Waals surface area contributed by atoms with E-state index in [0.717, 1.165) is 27.6 Å². The number of fused-ring (bicyclic) bond motifs is 1. The molecule has 4 aromatic carbocycles. The maximum atomic E-state index is 13.4. The van der Waals surface area contributed by atoms with Gasteiger partial charge in [0.1, 0.15) is 29.7 Å². The summed E-state index contributed by atoms with van der Waals surface area (Å²) in [6.07, 6.45) is 0.00266. The predicted octanol–water partition coefficient (Wildman–Crippen LogP) is 5.98. The van der Waals surface area contributed by atoms with Crippen LogP contribution >= 0.6 is 0 Å². The number of methoxy groups -OCH3 is 1. The summed E-state index contributed by atoms with van der Waals surface area (Å²) in [5.41, 5.74) is 1.78. The van der Waals surface area contributed by atoms with Gasteiger partial charge in [0.15, 0.2) is 0 Å². The molecule has 4 rings (SSSR count). The molecule has 2 amide bonds. The highest BCUT2D eigenvalue weighted by Gasteiger charge is 2.25. The molecule has 0 heterocycles. The van der Waals surface area contributed by atoms with Gasteiger partial charge in [-0.15, -0.1) is 0 Å². The van der Waals surface area contributed by atoms with E-state index in [4.69, 9.17) is 14.2 Å². The van der Waals surface area contributed by atoms with Crippen molar-refractivity contribution in [3.05, 3.63) is 102 Å². The Morgan fingerprint density at radius 2 is 1.60 bits per heavy atom. The standard InChI is InChI=1S/C37H43N3O7/c1-37(2,3)47-36(44)39-28(21-25-11-6-5-7-12-25)24-46-32-18-17-27-14-8-9-16-30(27)34(32)40-31(23-33(41)42)35(43)38-20-19-26-13-10-15-29(22-26)45-4/h5-18,22,28,31,40H,19-21,23-24H2,1-4H3,(H,38,43)(H,39,44)(H,41,42)/t28-,31?/m1/s1. The Labute approximate surface area is 275 Å². The van der Waals surface area contributed by atoms with Crippen LogP contribution in [0.4, 0.5) is 10.5 Å². The number of alkyl carbamates (subject to hydrolysis) is 1. The third-order valence-corrected chi connectivity index (χ3v) is 7.24. The van der Waals surface area contributed by atoms with Crippen molar-refractivity contribution in [2.75, 3.05) is 25.6 Å². The summed E-state index contributed by atoms with van der Waals surface area (Å²) < 4.78 is 17.1. The molecule has 10 heteroatoms. The number of benzene rings is 4. The van der Waals surface area contributed by atoms with Gasteiger partial charge in [0.25, 0.3) is 0 Å². The summed E-state index contributed by atoms with van der Waals surface area (Å²) in [6.45, 7) is 5.78. The van der Waals surface area contributed by atoms with Crippen LogP contribution in [0.2, 0.25) is 0 Å². The first-order chi connectivity index (χ1) is 22.5. The molecule has 4 N–H and O–H groups in total. The summed E-state index contributed by atoms with van der Waals surface area (Å²) in [5.74, 6) is -0.456. The number of carboxylic acids is 1. The lowest BCUT2D eigenvalue weighted by molar-refractivity contribution is -0.139. The van der Waals surface area contributed by atoms with Gasteiger partial charge >= 0.3 is 12.1 Å². The molecule has 0 bridgehead atoms. The van der Waals surface area contributed by atoms with E-state index in [1.807, 2.05) is 84.9 Å². The van der Waals surface area contributed by atoms with Gasteiger partial charge in [0.05, 0.1) is 25.3 Å². The first kappa shape index (κ1) is 34.6. The Hall–Kier alpha value is -5.25. The lowest BCUT2D eigenvalue weighted by atomic mass is 10.1. The molecule has 0 fully saturated rings. The second kappa shape index (κ2) is 16.4. The number of carbonyl (C=O) groups is 3. The maximum Gasteiger partial charge on any atom is 0.408 e. The zero-order valence-electron chi connectivity index (χ0n) is 27.2. The number of hydrogen-bond donors (Lipinski definition) is 4. The monoisotopic (exact) mass is 641 g/mol. The van der Waals surface area contributed by atoms with Crippen LogP contribution in [0.15, 0.2) is 91.0 Å². The number of carboxylic acid groups (broad SMARTS) is 1. The van der Waals surface area contributed by atoms with Crippen molar-refractivity contribution in [2.45, 2.75) is 57.7 Å². The summed E-state index contributed by atoms with van der Waals surface area (Å²) in [7, 11) is 1.59. The van der Waals surface area contributed by atoms with Crippen LogP contribution in [0.3, 0.4) is 0 Å². The minimum atomic E-state index is -1.13. The van der Waals surface area contributed by atoms with E-state index in [0.29, 0.717) is 30.8 Å². The molecule has 0 saturated heterocycles. The highest BCUT2D eigenvalue weighted by Crippen LogP contribution is 2.34. The zero-order valence-corrected chi connectivity index (χ0v) is 27.2. The van der Waals surface area contributed by atoms with E-state index < -0.39 is 42.1 Å². The Morgan fingerprint density at radius 1 is 0.872 bits per heavy atom. The molecule has 1 unspecified atom stereocenters. The van der Waals surface area contributed by atoms with E-state index in [2.05, 4.69) is 16.0 Å². The molecule has 4 aromatic rings. The Morgan fingerprint density at radius 3 is 2.32 bits per heavy atom. The molecule has 0 saturated carbocycles. The van der Waals surface area contributed by atoms with Crippen molar-refractivity contribution in [3.63, 3.8) is 0 Å². The third-order valence-electron chi connectivity index (χ3n) is 7.24. The van der Waals surface area contributed by atoms with Crippen molar-refractivity contribution in [1.29, 1.82) is 0 Å². The highest BCUT2D eigenvalue weighted by molar-refractivity contribution is 5.99. The second-order valence-corrected chi connectivity index (χ2v) is 12.2. The molecule has 2 atom stereocenters. The van der Waals surface area contributed by atoms with Gasteiger partial charge in [0.2, 0.25) is 5.91 Å². The van der Waals surface area contributed by atoms with Gasteiger partial charge in [-0.25, -0.2) is 4.79 Å². The average Bonchev–Trinajstić information content (AvgIpc) is 3.03. The first-order valence-electron chi connectivity index (χ1n) is 15.6. The van der Waals surface area contributed by atoms with E-state index in [1.165, 1.54) is 0 Å². The van der Waals surface area contributed by atoms with Crippen molar-refractivity contribution in [1.82, 2.24) is 10.6 Å². The van der Waals surface area contributed by atoms with E-state index in [9.17, 15) is 19.5 Å². The number of rotatable bonds is 15. The number of ether oxygens (including phenoxy) is 3. The van der Waals surface area contributed by atoms with E-state index >= 15 is 0 Å². The normalized spacial score (nSPS) is 12.4. The summed E-state index contributed by atoms with van der Waals surface area (Å²) in [4.78, 5) is 38.0. The summed E-state index contributed by atoms with van der Waals surface area (Å²) >= 11 is 0. The van der Waals surface area contributed by atoms with Crippen LogP contribution < -0.4 is 25.4 Å². The number of hydrogen-bond acceptors (Lipinski definition) is 7. The summed E-state index contributed by atoms with van der Waals surface area (Å²) in [5, 5.41) is 20.3. The number of aliphatic carboxylic acids is 1. The molecule has 248 valence electrons. The topological polar surface area (TPSA) is 135 Å². The van der Waals surface area contributed by atoms with Gasteiger partial charge in [-0.1, -0.05) is 72.8 Å². The lowest BCUT2D eigenvalue weighted by Crippen LogP contribution is -2.43. The van der Waals surface area contributed by atoms with Crippen molar-refractivity contribution in [2.24, 2.45) is 0 Å². The van der Waals surface area contributed by atoms with Crippen LogP contribution in [-0.2, 0) is 27.2 Å². The minimum Gasteiger partial charge on any atom is -0.497 e. The van der Waals surface area contributed by atoms with E-state index in [-0.39, 0.29) is 6.61 Å². The van der Waals surface area contributed by atoms with Gasteiger partial charge in [0, 0.05) is 11.9 Å². The average molecular weight is 642 g/mol. The fourth-order valence-electron chi connectivity index (χ4n) is 5.07. The number of anilines is 1. The van der Waals surface area contributed by atoms with Crippen LogP contribution in [-0.4, -0.2) is 61.0 Å². The van der Waals surface area contributed by atoms with Gasteiger partial charge < -0.3 is 35.3 Å². The smallest absolute Gasteiger partial charge is 0.408 e. The van der Waals surface area contributed by atoms with Gasteiger partial charge in [-0.05, 0) is 68.3 Å². The molecule has 0 spiro atoms. The quantitative estimate of drug-likeness (QED) is 0.125. The van der Waals surface area contributed by atoms with Crippen LogP contribution in [0.1, 0.15) is 38.3 Å². The lowest BCUT2D eigenvalue weighted by Gasteiger charge is -2.25. The molecular weight excluding hydrogens is 598 g/mol. The van der Waals surface area contributed by atoms with Gasteiger partial charge in [-0.3, -0.25) is 9.59 Å². The van der Waals surface area contributed by atoms with Crippen LogP contribution in [0.25, 0.3) is 10.8 Å². The molecule has 47 heavy (non-hydrogen) atoms.